The first-order valence-corrected chi connectivity index (χ1v) is 6.21. The van der Waals surface area contributed by atoms with E-state index in [4.69, 9.17) is 10.5 Å². The van der Waals surface area contributed by atoms with Gasteiger partial charge in [-0.15, -0.1) is 0 Å². The molecule has 0 unspecified atom stereocenters. The Kier molecular flexibility index (Phi) is 3.81. The van der Waals surface area contributed by atoms with Gasteiger partial charge in [0.15, 0.2) is 5.75 Å². The van der Waals surface area contributed by atoms with E-state index >= 15 is 0 Å². The molecule has 2 rings (SSSR count). The van der Waals surface area contributed by atoms with Crippen LogP contribution in [0.5, 0.6) is 5.75 Å². The van der Waals surface area contributed by atoms with Crippen LogP contribution in [-0.2, 0) is 0 Å². The Labute approximate surface area is 106 Å². The fraction of sp³-hybridized carbons (Fsp3) is 0.538. The highest BCUT2D eigenvalue weighted by Crippen LogP contribution is 2.37. The van der Waals surface area contributed by atoms with Crippen LogP contribution in [0.25, 0.3) is 0 Å². The van der Waals surface area contributed by atoms with Gasteiger partial charge >= 0.3 is 5.69 Å². The molecule has 1 aliphatic rings. The van der Waals surface area contributed by atoms with E-state index in [1.165, 1.54) is 20.0 Å². The van der Waals surface area contributed by atoms with Gasteiger partial charge in [-0.2, -0.15) is 0 Å². The zero-order valence-electron chi connectivity index (χ0n) is 10.5. The molecule has 0 aromatic heterocycles. The van der Waals surface area contributed by atoms with Crippen LogP contribution < -0.4 is 10.5 Å². The molecule has 98 valence electrons. The van der Waals surface area contributed by atoms with Crippen LogP contribution in [0.15, 0.2) is 18.2 Å². The molecular formula is C13H18N2O3. The second-order valence-electron chi connectivity index (χ2n) is 4.76. The summed E-state index contributed by atoms with van der Waals surface area (Å²) < 4.78 is 4.98. The number of nitro benzene ring substituents is 1. The number of hydrogen-bond acceptors (Lipinski definition) is 4. The van der Waals surface area contributed by atoms with E-state index in [2.05, 4.69) is 0 Å². The van der Waals surface area contributed by atoms with Gasteiger partial charge in [0.25, 0.3) is 0 Å². The molecule has 1 saturated carbocycles. The lowest BCUT2D eigenvalue weighted by molar-refractivity contribution is -0.385. The van der Waals surface area contributed by atoms with E-state index in [9.17, 15) is 10.1 Å². The van der Waals surface area contributed by atoms with Crippen LogP contribution in [0, 0.1) is 16.0 Å². The van der Waals surface area contributed by atoms with E-state index < -0.39 is 4.92 Å². The third kappa shape index (κ3) is 2.46. The molecule has 1 atom stereocenters. The summed E-state index contributed by atoms with van der Waals surface area (Å²) in [6.45, 7) is 0. The molecule has 1 fully saturated rings. The molecule has 5 heteroatoms. The van der Waals surface area contributed by atoms with Crippen molar-refractivity contribution in [2.24, 2.45) is 11.7 Å². The second kappa shape index (κ2) is 5.35. The maximum atomic E-state index is 11.0. The SMILES string of the molecule is COc1ccc([C@@H](N)C2CCCC2)cc1[N+](=O)[O-]. The first kappa shape index (κ1) is 12.8. The van der Waals surface area contributed by atoms with Crippen molar-refractivity contribution >= 4 is 5.69 Å². The van der Waals surface area contributed by atoms with Crippen molar-refractivity contribution in [3.05, 3.63) is 33.9 Å². The summed E-state index contributed by atoms with van der Waals surface area (Å²) in [5.74, 6) is 0.723. The van der Waals surface area contributed by atoms with Gasteiger partial charge in [-0.25, -0.2) is 0 Å². The summed E-state index contributed by atoms with van der Waals surface area (Å²) in [6, 6.07) is 4.89. The molecule has 2 N–H and O–H groups in total. The van der Waals surface area contributed by atoms with Crippen LogP contribution in [0.4, 0.5) is 5.69 Å². The quantitative estimate of drug-likeness (QED) is 0.658. The van der Waals surface area contributed by atoms with E-state index in [1.807, 2.05) is 6.07 Å². The lowest BCUT2D eigenvalue weighted by Gasteiger charge is -2.19. The van der Waals surface area contributed by atoms with Crippen LogP contribution in [-0.4, -0.2) is 12.0 Å². The largest absolute Gasteiger partial charge is 0.490 e. The number of rotatable bonds is 4. The molecule has 1 aliphatic carbocycles. The second-order valence-corrected chi connectivity index (χ2v) is 4.76. The molecule has 0 amide bonds. The predicted molar refractivity (Wildman–Crippen MR) is 68.5 cm³/mol. The molecule has 1 aromatic carbocycles. The Morgan fingerprint density at radius 2 is 2.11 bits per heavy atom. The molecule has 0 heterocycles. The third-order valence-corrected chi connectivity index (χ3v) is 3.69. The monoisotopic (exact) mass is 250 g/mol. The average molecular weight is 250 g/mol. The van der Waals surface area contributed by atoms with Gasteiger partial charge in [0.05, 0.1) is 12.0 Å². The summed E-state index contributed by atoms with van der Waals surface area (Å²) in [5.41, 5.74) is 7.01. The minimum absolute atomic E-state index is 0.0107. The highest BCUT2D eigenvalue weighted by molar-refractivity contribution is 5.49. The lowest BCUT2D eigenvalue weighted by Crippen LogP contribution is -2.19. The minimum atomic E-state index is -0.427. The Hall–Kier alpha value is -1.62. The highest BCUT2D eigenvalue weighted by atomic mass is 16.6. The number of nitrogens with zero attached hydrogens (tertiary/aromatic N) is 1. The molecule has 5 nitrogen and oxygen atoms in total. The molecular weight excluding hydrogens is 232 g/mol. The zero-order valence-corrected chi connectivity index (χ0v) is 10.5. The number of nitro groups is 1. The van der Waals surface area contributed by atoms with Gasteiger partial charge in [0.1, 0.15) is 0 Å². The number of hydrogen-bond donors (Lipinski definition) is 1. The Balaban J connectivity index is 2.28. The summed E-state index contributed by atoms with van der Waals surface area (Å²) in [5, 5.41) is 11.0. The van der Waals surface area contributed by atoms with Gasteiger partial charge in [0, 0.05) is 12.1 Å². The molecule has 0 bridgehead atoms. The van der Waals surface area contributed by atoms with Gasteiger partial charge < -0.3 is 10.5 Å². The zero-order chi connectivity index (χ0) is 13.1. The van der Waals surface area contributed by atoms with Crippen molar-refractivity contribution in [2.45, 2.75) is 31.7 Å². The third-order valence-electron chi connectivity index (χ3n) is 3.69. The number of ether oxygens (including phenoxy) is 1. The molecule has 18 heavy (non-hydrogen) atoms. The van der Waals surface area contributed by atoms with Crippen molar-refractivity contribution in [3.8, 4) is 5.75 Å². The summed E-state index contributed by atoms with van der Waals surface area (Å²) in [6.07, 6.45) is 4.63. The van der Waals surface area contributed by atoms with E-state index in [0.717, 1.165) is 18.4 Å². The minimum Gasteiger partial charge on any atom is -0.490 e. The first-order chi connectivity index (χ1) is 8.63. The van der Waals surface area contributed by atoms with Crippen LogP contribution >= 0.6 is 0 Å². The van der Waals surface area contributed by atoms with Crippen LogP contribution in [0.2, 0.25) is 0 Å². The first-order valence-electron chi connectivity index (χ1n) is 6.21. The van der Waals surface area contributed by atoms with Gasteiger partial charge in [-0.05, 0) is 30.4 Å². The number of benzene rings is 1. The Morgan fingerprint density at radius 1 is 1.44 bits per heavy atom. The summed E-state index contributed by atoms with van der Waals surface area (Å²) in [4.78, 5) is 10.5. The Morgan fingerprint density at radius 3 is 2.67 bits per heavy atom. The fourth-order valence-electron chi connectivity index (χ4n) is 2.65. The van der Waals surface area contributed by atoms with Crippen molar-refractivity contribution in [3.63, 3.8) is 0 Å². The average Bonchev–Trinajstić information content (AvgIpc) is 2.90. The van der Waals surface area contributed by atoms with Crippen molar-refractivity contribution in [1.29, 1.82) is 0 Å². The lowest BCUT2D eigenvalue weighted by atomic mass is 9.92. The Bertz CT molecular complexity index is 442. The van der Waals surface area contributed by atoms with E-state index in [1.54, 1.807) is 12.1 Å². The molecule has 0 saturated heterocycles. The molecule has 0 aliphatic heterocycles. The van der Waals surface area contributed by atoms with Crippen molar-refractivity contribution in [2.75, 3.05) is 7.11 Å². The van der Waals surface area contributed by atoms with Crippen molar-refractivity contribution in [1.82, 2.24) is 0 Å². The standard InChI is InChI=1S/C13H18N2O3/c1-18-12-7-6-10(8-11(12)15(16)17)13(14)9-4-2-3-5-9/h6-9,13H,2-5,14H2,1H3/t13-/m0/s1. The smallest absolute Gasteiger partial charge is 0.311 e. The van der Waals surface area contributed by atoms with Crippen LogP contribution in [0.3, 0.4) is 0 Å². The molecule has 0 radical (unpaired) electrons. The van der Waals surface area contributed by atoms with Gasteiger partial charge in [0.2, 0.25) is 0 Å². The number of methoxy groups -OCH3 is 1. The van der Waals surface area contributed by atoms with Gasteiger partial charge in [-0.3, -0.25) is 10.1 Å². The molecule has 1 aromatic rings. The van der Waals surface area contributed by atoms with Crippen molar-refractivity contribution < 1.29 is 9.66 Å². The summed E-state index contributed by atoms with van der Waals surface area (Å²) >= 11 is 0. The predicted octanol–water partition coefficient (Wildman–Crippen LogP) is 2.79. The normalized spacial score (nSPS) is 17.7. The maximum Gasteiger partial charge on any atom is 0.311 e. The summed E-state index contributed by atoms with van der Waals surface area (Å²) in [7, 11) is 1.43. The van der Waals surface area contributed by atoms with E-state index in [-0.39, 0.29) is 17.5 Å². The number of nitrogens with two attached hydrogens (primary N) is 1. The van der Waals surface area contributed by atoms with E-state index in [0.29, 0.717) is 5.92 Å². The maximum absolute atomic E-state index is 11.0. The highest BCUT2D eigenvalue weighted by Gasteiger charge is 2.25. The van der Waals surface area contributed by atoms with Crippen LogP contribution in [0.1, 0.15) is 37.3 Å². The molecule has 0 spiro atoms. The topological polar surface area (TPSA) is 78.4 Å². The van der Waals surface area contributed by atoms with Gasteiger partial charge in [-0.1, -0.05) is 18.9 Å². The fourth-order valence-corrected chi connectivity index (χ4v) is 2.65.